The highest BCUT2D eigenvalue weighted by Gasteiger charge is 2.44. The van der Waals surface area contributed by atoms with Crippen molar-refractivity contribution in [2.75, 3.05) is 20.8 Å². The standard InChI is InChI=1S/C26H27N5O3/c1-16-7-8-17(23-27-10-6-11-28-23)18(13-16)24(32)31-12-5-9-26(31,2)25-29-19-14-21(33-3)22(34-4)15-20(19)30-25/h6-8,10-11,13-15H,5,9,12H2,1-4H3,(H,29,30). The molecule has 0 radical (unpaired) electrons. The Morgan fingerprint density at radius 2 is 1.82 bits per heavy atom. The number of rotatable bonds is 5. The molecule has 0 bridgehead atoms. The van der Waals surface area contributed by atoms with Crippen molar-refractivity contribution in [1.82, 2.24) is 24.8 Å². The van der Waals surface area contributed by atoms with Crippen LogP contribution in [0.3, 0.4) is 0 Å². The summed E-state index contributed by atoms with van der Waals surface area (Å²) >= 11 is 0. The average molecular weight is 458 g/mol. The van der Waals surface area contributed by atoms with Gasteiger partial charge in [-0.25, -0.2) is 15.0 Å². The van der Waals surface area contributed by atoms with Gasteiger partial charge in [-0.05, 0) is 38.8 Å². The summed E-state index contributed by atoms with van der Waals surface area (Å²) in [6, 6.07) is 11.3. The van der Waals surface area contributed by atoms with Gasteiger partial charge in [0.2, 0.25) is 0 Å². The number of nitrogens with one attached hydrogen (secondary N) is 1. The zero-order chi connectivity index (χ0) is 23.9. The van der Waals surface area contributed by atoms with Crippen molar-refractivity contribution >= 4 is 16.9 Å². The number of fused-ring (bicyclic) bond motifs is 1. The summed E-state index contributed by atoms with van der Waals surface area (Å²) in [5.41, 5.74) is 3.34. The molecule has 1 N–H and O–H groups in total. The number of H-pyrrole nitrogens is 1. The lowest BCUT2D eigenvalue weighted by Crippen LogP contribution is -2.43. The first-order chi connectivity index (χ1) is 16.4. The highest BCUT2D eigenvalue weighted by Crippen LogP contribution is 2.41. The molecule has 3 heterocycles. The van der Waals surface area contributed by atoms with Gasteiger partial charge in [0.1, 0.15) is 5.82 Å². The minimum absolute atomic E-state index is 0.0539. The van der Waals surface area contributed by atoms with E-state index in [0.29, 0.717) is 29.4 Å². The van der Waals surface area contributed by atoms with Crippen molar-refractivity contribution in [2.24, 2.45) is 0 Å². The molecule has 4 aromatic rings. The molecule has 8 nitrogen and oxygen atoms in total. The molecule has 1 aliphatic rings. The van der Waals surface area contributed by atoms with E-state index in [-0.39, 0.29) is 5.91 Å². The van der Waals surface area contributed by atoms with Gasteiger partial charge < -0.3 is 19.4 Å². The van der Waals surface area contributed by atoms with Crippen LogP contribution >= 0.6 is 0 Å². The Bertz CT molecular complexity index is 1330. The average Bonchev–Trinajstić information content (AvgIpc) is 3.47. The number of nitrogens with zero attached hydrogens (tertiary/aromatic N) is 4. The molecule has 1 amide bonds. The minimum atomic E-state index is -0.588. The van der Waals surface area contributed by atoms with Gasteiger partial charge in [-0.15, -0.1) is 0 Å². The Labute approximate surface area is 198 Å². The van der Waals surface area contributed by atoms with E-state index in [1.54, 1.807) is 32.7 Å². The highest BCUT2D eigenvalue weighted by molar-refractivity contribution is 6.01. The van der Waals surface area contributed by atoms with Crippen LogP contribution in [0, 0.1) is 6.92 Å². The Morgan fingerprint density at radius 3 is 2.56 bits per heavy atom. The fourth-order valence-electron chi connectivity index (χ4n) is 4.74. The first-order valence-electron chi connectivity index (χ1n) is 11.3. The number of methoxy groups -OCH3 is 2. The Balaban J connectivity index is 1.57. The normalized spacial score (nSPS) is 17.8. The Kier molecular flexibility index (Phi) is 5.43. The van der Waals surface area contributed by atoms with Crippen molar-refractivity contribution in [1.29, 1.82) is 0 Å². The van der Waals surface area contributed by atoms with E-state index in [1.165, 1.54) is 0 Å². The van der Waals surface area contributed by atoms with E-state index in [4.69, 9.17) is 14.5 Å². The predicted molar refractivity (Wildman–Crippen MR) is 129 cm³/mol. The minimum Gasteiger partial charge on any atom is -0.493 e. The summed E-state index contributed by atoms with van der Waals surface area (Å²) < 4.78 is 10.9. The number of hydrogen-bond donors (Lipinski definition) is 1. The Morgan fingerprint density at radius 1 is 1.09 bits per heavy atom. The maximum atomic E-state index is 14.0. The largest absolute Gasteiger partial charge is 0.493 e. The fourth-order valence-corrected chi connectivity index (χ4v) is 4.74. The van der Waals surface area contributed by atoms with Crippen LogP contribution in [-0.2, 0) is 5.54 Å². The number of imidazole rings is 1. The van der Waals surface area contributed by atoms with Crippen LogP contribution in [0.5, 0.6) is 11.5 Å². The maximum absolute atomic E-state index is 14.0. The molecule has 1 unspecified atom stereocenters. The van der Waals surface area contributed by atoms with Crippen molar-refractivity contribution < 1.29 is 14.3 Å². The summed E-state index contributed by atoms with van der Waals surface area (Å²) in [7, 11) is 3.21. The molecular weight excluding hydrogens is 430 g/mol. The molecule has 5 rings (SSSR count). The van der Waals surface area contributed by atoms with Crippen LogP contribution < -0.4 is 9.47 Å². The SMILES string of the molecule is COc1cc2nc(C3(C)CCCN3C(=O)c3cc(C)ccc3-c3ncccn3)[nH]c2cc1OC. The molecule has 2 aromatic carbocycles. The smallest absolute Gasteiger partial charge is 0.255 e. The molecule has 34 heavy (non-hydrogen) atoms. The van der Waals surface area contributed by atoms with Gasteiger partial charge in [-0.1, -0.05) is 17.7 Å². The number of likely N-dealkylation sites (tertiary alicyclic amines) is 1. The number of amides is 1. The van der Waals surface area contributed by atoms with Crippen molar-refractivity contribution in [3.05, 3.63) is 65.7 Å². The summed E-state index contributed by atoms with van der Waals surface area (Å²) in [5.74, 6) is 2.47. The maximum Gasteiger partial charge on any atom is 0.255 e. The summed E-state index contributed by atoms with van der Waals surface area (Å²) in [6.45, 7) is 4.69. The number of aromatic amines is 1. The zero-order valence-electron chi connectivity index (χ0n) is 19.8. The molecule has 0 spiro atoms. The first-order valence-corrected chi connectivity index (χ1v) is 11.3. The van der Waals surface area contributed by atoms with E-state index >= 15 is 0 Å². The van der Waals surface area contributed by atoms with Crippen LogP contribution in [0.25, 0.3) is 22.4 Å². The number of hydrogen-bond acceptors (Lipinski definition) is 6. The summed E-state index contributed by atoms with van der Waals surface area (Å²) in [5, 5.41) is 0. The van der Waals surface area contributed by atoms with E-state index in [0.717, 1.165) is 40.8 Å². The quantitative estimate of drug-likeness (QED) is 0.474. The summed E-state index contributed by atoms with van der Waals surface area (Å²) in [4.78, 5) is 33.0. The third-order valence-corrected chi connectivity index (χ3v) is 6.60. The van der Waals surface area contributed by atoms with Gasteiger partial charge in [0.15, 0.2) is 17.3 Å². The van der Waals surface area contributed by atoms with E-state index in [2.05, 4.69) is 21.9 Å². The van der Waals surface area contributed by atoms with Crippen LogP contribution in [-0.4, -0.2) is 51.5 Å². The second-order valence-corrected chi connectivity index (χ2v) is 8.77. The van der Waals surface area contributed by atoms with Crippen molar-refractivity contribution in [2.45, 2.75) is 32.2 Å². The van der Waals surface area contributed by atoms with Crippen LogP contribution in [0.15, 0.2) is 48.8 Å². The van der Waals surface area contributed by atoms with Crippen molar-refractivity contribution in [3.8, 4) is 22.9 Å². The molecule has 0 saturated carbocycles. The Hall–Kier alpha value is -3.94. The number of aryl methyl sites for hydroxylation is 1. The lowest BCUT2D eigenvalue weighted by Gasteiger charge is -2.34. The lowest BCUT2D eigenvalue weighted by atomic mass is 9.95. The molecular formula is C26H27N5O3. The van der Waals surface area contributed by atoms with E-state index < -0.39 is 5.54 Å². The number of aromatic nitrogens is 4. The van der Waals surface area contributed by atoms with E-state index in [9.17, 15) is 4.79 Å². The topological polar surface area (TPSA) is 93.2 Å². The lowest BCUT2D eigenvalue weighted by molar-refractivity contribution is 0.0606. The molecule has 1 atom stereocenters. The van der Waals surface area contributed by atoms with Crippen LogP contribution in [0.2, 0.25) is 0 Å². The molecule has 0 aliphatic carbocycles. The van der Waals surface area contributed by atoms with Crippen LogP contribution in [0.4, 0.5) is 0 Å². The monoisotopic (exact) mass is 457 g/mol. The second-order valence-electron chi connectivity index (χ2n) is 8.77. The number of benzene rings is 2. The number of carbonyl (C=O) groups excluding carboxylic acids is 1. The fraction of sp³-hybridized carbons (Fsp3) is 0.308. The van der Waals surface area contributed by atoms with Gasteiger partial charge in [0, 0.05) is 36.6 Å². The molecule has 1 fully saturated rings. The second kappa shape index (κ2) is 8.44. The summed E-state index contributed by atoms with van der Waals surface area (Å²) in [6.07, 6.45) is 5.06. The molecule has 174 valence electrons. The van der Waals surface area contributed by atoms with Crippen molar-refractivity contribution in [3.63, 3.8) is 0 Å². The van der Waals surface area contributed by atoms with Gasteiger partial charge in [-0.3, -0.25) is 4.79 Å². The first kappa shape index (κ1) is 21.9. The van der Waals surface area contributed by atoms with Gasteiger partial charge in [0.25, 0.3) is 5.91 Å². The van der Waals surface area contributed by atoms with Gasteiger partial charge in [-0.2, -0.15) is 0 Å². The molecule has 1 saturated heterocycles. The molecule has 2 aromatic heterocycles. The van der Waals surface area contributed by atoms with Gasteiger partial charge >= 0.3 is 0 Å². The predicted octanol–water partition coefficient (Wildman–Crippen LogP) is 4.50. The highest BCUT2D eigenvalue weighted by atomic mass is 16.5. The third-order valence-electron chi connectivity index (χ3n) is 6.60. The number of ether oxygens (including phenoxy) is 2. The molecule has 1 aliphatic heterocycles. The van der Waals surface area contributed by atoms with Crippen LogP contribution in [0.1, 0.15) is 41.5 Å². The zero-order valence-corrected chi connectivity index (χ0v) is 19.8. The molecule has 8 heteroatoms. The third kappa shape index (κ3) is 3.55. The van der Waals surface area contributed by atoms with Gasteiger partial charge in [0.05, 0.1) is 36.4 Å². The number of carbonyl (C=O) groups is 1. The van der Waals surface area contributed by atoms with E-state index in [1.807, 2.05) is 42.2 Å².